The highest BCUT2D eigenvalue weighted by atomic mass is 16.4. The quantitative estimate of drug-likeness (QED) is 0.740. The lowest BCUT2D eigenvalue weighted by Gasteiger charge is -2.34. The Bertz CT molecular complexity index is 438. The maximum absolute atomic E-state index is 11.7. The van der Waals surface area contributed by atoms with Crippen LogP contribution in [0, 0.1) is 0 Å². The minimum Gasteiger partial charge on any atom is -0.480 e. The highest BCUT2D eigenvalue weighted by Gasteiger charge is 2.50. The van der Waals surface area contributed by atoms with Crippen molar-refractivity contribution in [2.75, 3.05) is 25.0 Å². The first-order valence-electron chi connectivity index (χ1n) is 6.54. The van der Waals surface area contributed by atoms with Crippen molar-refractivity contribution in [2.45, 2.75) is 25.0 Å². The summed E-state index contributed by atoms with van der Waals surface area (Å²) in [4.78, 5) is 13.5. The number of carbonyl (C=O) groups is 1. The maximum Gasteiger partial charge on any atom is 0.326 e. The van der Waals surface area contributed by atoms with Crippen LogP contribution in [0.15, 0.2) is 30.3 Å². The molecule has 1 saturated heterocycles. The molecule has 0 amide bonds. The average molecular weight is 264 g/mol. The van der Waals surface area contributed by atoms with Crippen LogP contribution in [0.5, 0.6) is 0 Å². The minimum absolute atomic E-state index is 0.260. The number of β-amino-alcohol motifs (C(OH)–C–C–N with tert-alkyl or cyclic N) is 1. The van der Waals surface area contributed by atoms with Crippen LogP contribution >= 0.6 is 0 Å². The second-order valence-electron chi connectivity index (χ2n) is 4.95. The molecule has 1 aliphatic rings. The standard InChI is InChI=1S/C14H20N2O3/c1-2-16-9-12(17)8-14(16,13(18)19)10-15-11-6-4-3-5-7-11/h3-7,12,15,17H,2,8-10H2,1H3,(H,18,19)/t12-,14-/m0/s1. The molecule has 1 aromatic carbocycles. The SMILES string of the molecule is CCN1C[C@@H](O)C[C@]1(CNc1ccccc1)C(=O)O. The third-order valence-corrected chi connectivity index (χ3v) is 3.75. The van der Waals surface area contributed by atoms with E-state index in [1.54, 1.807) is 0 Å². The molecule has 19 heavy (non-hydrogen) atoms. The van der Waals surface area contributed by atoms with Crippen LogP contribution < -0.4 is 5.32 Å². The van der Waals surface area contributed by atoms with Crippen LogP contribution in [0.2, 0.25) is 0 Å². The van der Waals surface area contributed by atoms with E-state index in [-0.39, 0.29) is 13.0 Å². The van der Waals surface area contributed by atoms with Gasteiger partial charge in [0.05, 0.1) is 6.10 Å². The Morgan fingerprint density at radius 2 is 2.16 bits per heavy atom. The zero-order chi connectivity index (χ0) is 13.9. The van der Waals surface area contributed by atoms with Gasteiger partial charge in [-0.3, -0.25) is 9.69 Å². The Kier molecular flexibility index (Phi) is 4.07. The number of likely N-dealkylation sites (N-methyl/N-ethyl adjacent to an activating group) is 1. The van der Waals surface area contributed by atoms with E-state index in [9.17, 15) is 15.0 Å². The second-order valence-corrected chi connectivity index (χ2v) is 4.95. The van der Waals surface area contributed by atoms with Crippen LogP contribution in [0.4, 0.5) is 5.69 Å². The maximum atomic E-state index is 11.7. The summed E-state index contributed by atoms with van der Waals surface area (Å²) >= 11 is 0. The Morgan fingerprint density at radius 1 is 1.47 bits per heavy atom. The molecule has 0 unspecified atom stereocenters. The predicted octanol–water partition coefficient (Wildman–Crippen LogP) is 1.01. The molecule has 0 radical (unpaired) electrons. The molecule has 1 heterocycles. The molecular weight excluding hydrogens is 244 g/mol. The van der Waals surface area contributed by atoms with Crippen LogP contribution in [0.1, 0.15) is 13.3 Å². The summed E-state index contributed by atoms with van der Waals surface area (Å²) in [7, 11) is 0. The number of anilines is 1. The van der Waals surface area contributed by atoms with Gasteiger partial charge in [-0.1, -0.05) is 25.1 Å². The average Bonchev–Trinajstić information content (AvgIpc) is 2.75. The van der Waals surface area contributed by atoms with Gasteiger partial charge in [0.2, 0.25) is 0 Å². The summed E-state index contributed by atoms with van der Waals surface area (Å²) in [5.41, 5.74) is -0.134. The fraction of sp³-hybridized carbons (Fsp3) is 0.500. The van der Waals surface area contributed by atoms with Crippen molar-refractivity contribution in [3.63, 3.8) is 0 Å². The number of hydrogen-bond acceptors (Lipinski definition) is 4. The van der Waals surface area contributed by atoms with Gasteiger partial charge in [0.15, 0.2) is 0 Å². The third-order valence-electron chi connectivity index (χ3n) is 3.75. The lowest BCUT2D eigenvalue weighted by molar-refractivity contribution is -0.148. The van der Waals surface area contributed by atoms with Gasteiger partial charge in [-0.25, -0.2) is 0 Å². The number of hydrogen-bond donors (Lipinski definition) is 3. The topological polar surface area (TPSA) is 72.8 Å². The normalized spacial score (nSPS) is 27.4. The molecular formula is C14H20N2O3. The van der Waals surface area contributed by atoms with E-state index in [0.29, 0.717) is 13.1 Å². The van der Waals surface area contributed by atoms with Crippen LogP contribution in [-0.4, -0.2) is 52.4 Å². The zero-order valence-corrected chi connectivity index (χ0v) is 11.0. The minimum atomic E-state index is -1.02. The number of nitrogens with one attached hydrogen (secondary N) is 1. The fourth-order valence-corrected chi connectivity index (χ4v) is 2.73. The largest absolute Gasteiger partial charge is 0.480 e. The summed E-state index contributed by atoms with van der Waals surface area (Å²) in [5.74, 6) is -0.880. The molecule has 1 fully saturated rings. The van der Waals surface area contributed by atoms with E-state index in [2.05, 4.69) is 5.32 Å². The van der Waals surface area contributed by atoms with Gasteiger partial charge >= 0.3 is 5.97 Å². The molecule has 5 heteroatoms. The summed E-state index contributed by atoms with van der Waals surface area (Å²) in [6.07, 6.45) is -0.315. The van der Waals surface area contributed by atoms with E-state index in [0.717, 1.165) is 5.69 Å². The molecule has 3 N–H and O–H groups in total. The van der Waals surface area contributed by atoms with Gasteiger partial charge < -0.3 is 15.5 Å². The number of aliphatic hydroxyl groups excluding tert-OH is 1. The summed E-state index contributed by atoms with van der Waals surface area (Å²) < 4.78 is 0. The lowest BCUT2D eigenvalue weighted by Crippen LogP contribution is -2.55. The van der Waals surface area contributed by atoms with Crippen molar-refractivity contribution in [1.82, 2.24) is 4.90 Å². The molecule has 0 aliphatic carbocycles. The van der Waals surface area contributed by atoms with Gasteiger partial charge in [-0.2, -0.15) is 0 Å². The van der Waals surface area contributed by atoms with Crippen molar-refractivity contribution in [2.24, 2.45) is 0 Å². The van der Waals surface area contributed by atoms with E-state index in [4.69, 9.17) is 0 Å². The highest BCUT2D eigenvalue weighted by Crippen LogP contribution is 2.30. The Labute approximate surface area is 112 Å². The van der Waals surface area contributed by atoms with Crippen LogP contribution in [0.3, 0.4) is 0 Å². The molecule has 5 nitrogen and oxygen atoms in total. The van der Waals surface area contributed by atoms with Crippen LogP contribution in [-0.2, 0) is 4.79 Å². The molecule has 104 valence electrons. The zero-order valence-electron chi connectivity index (χ0n) is 11.0. The molecule has 0 saturated carbocycles. The van der Waals surface area contributed by atoms with E-state index in [1.807, 2.05) is 42.2 Å². The first-order valence-corrected chi connectivity index (χ1v) is 6.54. The number of carboxylic acids is 1. The first kappa shape index (κ1) is 13.8. The smallest absolute Gasteiger partial charge is 0.326 e. The lowest BCUT2D eigenvalue weighted by atomic mass is 9.95. The van der Waals surface area contributed by atoms with E-state index < -0.39 is 17.6 Å². The van der Waals surface area contributed by atoms with Gasteiger partial charge in [0, 0.05) is 25.2 Å². The molecule has 2 atom stereocenters. The monoisotopic (exact) mass is 264 g/mol. The van der Waals surface area contributed by atoms with Crippen molar-refractivity contribution in [3.05, 3.63) is 30.3 Å². The van der Waals surface area contributed by atoms with Gasteiger partial charge in [0.1, 0.15) is 5.54 Å². The van der Waals surface area contributed by atoms with Crippen molar-refractivity contribution < 1.29 is 15.0 Å². The molecule has 0 spiro atoms. The molecule has 1 aliphatic heterocycles. The highest BCUT2D eigenvalue weighted by molar-refractivity contribution is 5.80. The second kappa shape index (κ2) is 5.59. The molecule has 0 bridgehead atoms. The Hall–Kier alpha value is -1.59. The van der Waals surface area contributed by atoms with Crippen molar-refractivity contribution in [3.8, 4) is 0 Å². The molecule has 0 aromatic heterocycles. The Morgan fingerprint density at radius 3 is 2.74 bits per heavy atom. The third kappa shape index (κ3) is 2.72. The first-order chi connectivity index (χ1) is 9.08. The number of nitrogens with zero attached hydrogens (tertiary/aromatic N) is 1. The fourth-order valence-electron chi connectivity index (χ4n) is 2.73. The molecule has 1 aromatic rings. The van der Waals surface area contributed by atoms with E-state index in [1.165, 1.54) is 0 Å². The summed E-state index contributed by atoms with van der Waals surface area (Å²) in [6.45, 7) is 3.23. The number of para-hydroxylation sites is 1. The Balaban J connectivity index is 2.14. The van der Waals surface area contributed by atoms with Gasteiger partial charge in [-0.15, -0.1) is 0 Å². The number of aliphatic hydroxyl groups is 1. The number of rotatable bonds is 5. The number of carboxylic acid groups (broad SMARTS) is 1. The van der Waals surface area contributed by atoms with Crippen molar-refractivity contribution in [1.29, 1.82) is 0 Å². The number of aliphatic carboxylic acids is 1. The summed E-state index contributed by atoms with van der Waals surface area (Å²) in [5, 5.41) is 22.5. The van der Waals surface area contributed by atoms with E-state index >= 15 is 0 Å². The summed E-state index contributed by atoms with van der Waals surface area (Å²) in [6, 6.07) is 9.51. The van der Waals surface area contributed by atoms with Gasteiger partial charge in [0.25, 0.3) is 0 Å². The number of likely N-dealkylation sites (tertiary alicyclic amines) is 1. The van der Waals surface area contributed by atoms with Gasteiger partial charge in [-0.05, 0) is 18.7 Å². The van der Waals surface area contributed by atoms with Crippen molar-refractivity contribution >= 4 is 11.7 Å². The number of benzene rings is 1. The molecule has 2 rings (SSSR count). The predicted molar refractivity (Wildman–Crippen MR) is 73.2 cm³/mol. The van der Waals surface area contributed by atoms with Crippen LogP contribution in [0.25, 0.3) is 0 Å².